The number of anilines is 3. The molecule has 0 bridgehead atoms. The molecular formula is C19H19Cl2N5. The molecule has 0 aliphatic carbocycles. The molecule has 0 atom stereocenters. The lowest BCUT2D eigenvalue weighted by Gasteiger charge is -2.19. The molecule has 0 unspecified atom stereocenters. The molecule has 7 heteroatoms. The summed E-state index contributed by atoms with van der Waals surface area (Å²) in [5.74, 6) is 1.29. The summed E-state index contributed by atoms with van der Waals surface area (Å²) in [5, 5.41) is 4.18. The molecule has 134 valence electrons. The van der Waals surface area contributed by atoms with E-state index in [1.54, 1.807) is 30.6 Å². The number of nitrogens with zero attached hydrogens (tertiary/aromatic N) is 4. The number of hydrogen-bond acceptors (Lipinski definition) is 5. The highest BCUT2D eigenvalue weighted by molar-refractivity contribution is 6.39. The van der Waals surface area contributed by atoms with Crippen molar-refractivity contribution in [1.29, 1.82) is 0 Å². The van der Waals surface area contributed by atoms with Gasteiger partial charge in [-0.3, -0.25) is 4.98 Å². The van der Waals surface area contributed by atoms with E-state index in [2.05, 4.69) is 25.2 Å². The first-order valence-electron chi connectivity index (χ1n) is 8.19. The maximum absolute atomic E-state index is 6.22. The minimum atomic E-state index is 0.464. The van der Waals surface area contributed by atoms with Crippen molar-refractivity contribution in [2.45, 2.75) is 13.3 Å². The number of aryl methyl sites for hydroxylation is 1. The molecule has 0 fully saturated rings. The van der Waals surface area contributed by atoms with Crippen molar-refractivity contribution in [1.82, 2.24) is 15.0 Å². The van der Waals surface area contributed by atoms with E-state index in [0.29, 0.717) is 21.7 Å². The number of halogens is 2. The average Bonchev–Trinajstić information content (AvgIpc) is 2.63. The number of likely N-dealkylation sites (N-methyl/N-ethyl adjacent to an activating group) is 1. The van der Waals surface area contributed by atoms with E-state index in [1.807, 2.05) is 32.2 Å². The Hall–Kier alpha value is -2.37. The third-order valence-electron chi connectivity index (χ3n) is 3.92. The quantitative estimate of drug-likeness (QED) is 0.650. The second-order valence-electron chi connectivity index (χ2n) is 5.94. The van der Waals surface area contributed by atoms with Crippen LogP contribution in [-0.4, -0.2) is 28.5 Å². The van der Waals surface area contributed by atoms with Crippen LogP contribution in [0, 0.1) is 6.92 Å². The molecule has 1 N–H and O–H groups in total. The van der Waals surface area contributed by atoms with E-state index < -0.39 is 0 Å². The number of para-hydroxylation sites is 1. The molecule has 26 heavy (non-hydrogen) atoms. The van der Waals surface area contributed by atoms with E-state index in [1.165, 1.54) is 5.56 Å². The van der Waals surface area contributed by atoms with Gasteiger partial charge in [0.15, 0.2) is 0 Å². The highest BCUT2D eigenvalue weighted by Crippen LogP contribution is 2.32. The van der Waals surface area contributed by atoms with Gasteiger partial charge >= 0.3 is 0 Å². The van der Waals surface area contributed by atoms with Crippen LogP contribution in [-0.2, 0) is 6.42 Å². The van der Waals surface area contributed by atoms with Gasteiger partial charge in [0.05, 0.1) is 15.7 Å². The summed E-state index contributed by atoms with van der Waals surface area (Å²) in [6.45, 7) is 2.76. The number of rotatable bonds is 6. The van der Waals surface area contributed by atoms with Gasteiger partial charge in [0.2, 0.25) is 5.95 Å². The van der Waals surface area contributed by atoms with Crippen LogP contribution in [0.4, 0.5) is 17.5 Å². The molecule has 2 aromatic heterocycles. The fraction of sp³-hybridized carbons (Fsp3) is 0.211. The van der Waals surface area contributed by atoms with Gasteiger partial charge in [-0.25, -0.2) is 4.98 Å². The van der Waals surface area contributed by atoms with E-state index in [4.69, 9.17) is 23.2 Å². The third kappa shape index (κ3) is 4.62. The van der Waals surface area contributed by atoms with Crippen LogP contribution in [0.15, 0.2) is 48.8 Å². The molecule has 3 aromatic rings. The molecule has 5 nitrogen and oxygen atoms in total. The van der Waals surface area contributed by atoms with Crippen molar-refractivity contribution in [3.63, 3.8) is 0 Å². The smallest absolute Gasteiger partial charge is 0.229 e. The van der Waals surface area contributed by atoms with Crippen molar-refractivity contribution in [3.05, 3.63) is 70.1 Å². The topological polar surface area (TPSA) is 53.9 Å². The summed E-state index contributed by atoms with van der Waals surface area (Å²) in [4.78, 5) is 15.2. The van der Waals surface area contributed by atoms with Crippen molar-refractivity contribution < 1.29 is 0 Å². The van der Waals surface area contributed by atoms with E-state index in [-0.39, 0.29) is 0 Å². The second-order valence-corrected chi connectivity index (χ2v) is 6.75. The Morgan fingerprint density at radius 1 is 1.04 bits per heavy atom. The van der Waals surface area contributed by atoms with Crippen LogP contribution in [0.5, 0.6) is 0 Å². The summed E-state index contributed by atoms with van der Waals surface area (Å²) < 4.78 is 0. The van der Waals surface area contributed by atoms with E-state index in [9.17, 15) is 0 Å². The van der Waals surface area contributed by atoms with Crippen LogP contribution in [0.3, 0.4) is 0 Å². The Morgan fingerprint density at radius 3 is 2.42 bits per heavy atom. The molecule has 0 aliphatic heterocycles. The van der Waals surface area contributed by atoms with Crippen molar-refractivity contribution in [2.24, 2.45) is 0 Å². The summed E-state index contributed by atoms with van der Waals surface area (Å²) >= 11 is 12.4. The summed E-state index contributed by atoms with van der Waals surface area (Å²) in [7, 11) is 2.01. The molecule has 0 saturated heterocycles. The van der Waals surface area contributed by atoms with Gasteiger partial charge in [0, 0.05) is 37.7 Å². The first-order chi connectivity index (χ1) is 12.5. The first-order valence-corrected chi connectivity index (χ1v) is 8.95. The van der Waals surface area contributed by atoms with Crippen LogP contribution in [0.1, 0.15) is 11.3 Å². The van der Waals surface area contributed by atoms with Crippen molar-refractivity contribution in [3.8, 4) is 0 Å². The van der Waals surface area contributed by atoms with Crippen LogP contribution in [0.2, 0.25) is 10.0 Å². The molecule has 0 aliphatic rings. The van der Waals surface area contributed by atoms with Crippen molar-refractivity contribution in [2.75, 3.05) is 23.8 Å². The number of hydrogen-bond donors (Lipinski definition) is 1. The Labute approximate surface area is 163 Å². The summed E-state index contributed by atoms with van der Waals surface area (Å²) in [5.41, 5.74) is 2.70. The molecule has 0 radical (unpaired) electrons. The summed E-state index contributed by atoms with van der Waals surface area (Å²) in [6, 6.07) is 11.3. The van der Waals surface area contributed by atoms with Gasteiger partial charge in [-0.05, 0) is 43.2 Å². The van der Waals surface area contributed by atoms with Crippen LogP contribution < -0.4 is 10.2 Å². The van der Waals surface area contributed by atoms with Gasteiger partial charge in [0.1, 0.15) is 5.82 Å². The maximum atomic E-state index is 6.22. The van der Waals surface area contributed by atoms with Gasteiger partial charge < -0.3 is 10.2 Å². The van der Waals surface area contributed by atoms with E-state index >= 15 is 0 Å². The minimum Gasteiger partial charge on any atom is -0.359 e. The third-order valence-corrected chi connectivity index (χ3v) is 4.55. The zero-order chi connectivity index (χ0) is 18.5. The zero-order valence-corrected chi connectivity index (χ0v) is 16.1. The van der Waals surface area contributed by atoms with Gasteiger partial charge in [-0.2, -0.15) is 4.98 Å². The molecular weight excluding hydrogens is 369 g/mol. The lowest BCUT2D eigenvalue weighted by molar-refractivity contribution is 0.853. The second kappa shape index (κ2) is 8.34. The first kappa shape index (κ1) is 18.4. The minimum absolute atomic E-state index is 0.464. The molecule has 0 saturated carbocycles. The van der Waals surface area contributed by atoms with Gasteiger partial charge in [-0.15, -0.1) is 0 Å². The predicted octanol–water partition coefficient (Wildman–Crippen LogP) is 4.91. The lowest BCUT2D eigenvalue weighted by atomic mass is 10.2. The standard InChI is InChI=1S/C19H19Cl2N5/c1-13-12-17(26(2)11-8-14-6-9-22-10-7-14)24-19(23-13)25-18-15(20)4-3-5-16(18)21/h3-7,9-10,12H,8,11H2,1-2H3,(H,23,24,25). The highest BCUT2D eigenvalue weighted by Gasteiger charge is 2.11. The van der Waals surface area contributed by atoms with Gasteiger partial charge in [-0.1, -0.05) is 29.3 Å². The normalized spacial score (nSPS) is 10.6. The maximum Gasteiger partial charge on any atom is 0.229 e. The van der Waals surface area contributed by atoms with Crippen LogP contribution in [0.25, 0.3) is 0 Å². The Morgan fingerprint density at radius 2 is 1.73 bits per heavy atom. The predicted molar refractivity (Wildman–Crippen MR) is 108 cm³/mol. The number of aromatic nitrogens is 3. The summed E-state index contributed by atoms with van der Waals surface area (Å²) in [6.07, 6.45) is 4.51. The Kier molecular flexibility index (Phi) is 5.91. The molecule has 2 heterocycles. The fourth-order valence-corrected chi connectivity index (χ4v) is 2.99. The molecule has 3 rings (SSSR count). The monoisotopic (exact) mass is 387 g/mol. The van der Waals surface area contributed by atoms with Crippen molar-refractivity contribution >= 4 is 40.7 Å². The highest BCUT2D eigenvalue weighted by atomic mass is 35.5. The zero-order valence-electron chi connectivity index (χ0n) is 14.6. The molecule has 0 amide bonds. The Balaban J connectivity index is 1.76. The van der Waals surface area contributed by atoms with Crippen LogP contribution >= 0.6 is 23.2 Å². The largest absolute Gasteiger partial charge is 0.359 e. The Bertz CT molecular complexity index is 866. The number of pyridine rings is 1. The lowest BCUT2D eigenvalue weighted by Crippen LogP contribution is -2.22. The fourth-order valence-electron chi connectivity index (χ4n) is 2.49. The SMILES string of the molecule is Cc1cc(N(C)CCc2ccncc2)nc(Nc2c(Cl)cccc2Cl)n1. The van der Waals surface area contributed by atoms with E-state index in [0.717, 1.165) is 24.5 Å². The molecule has 0 spiro atoms. The number of benzene rings is 1. The molecule has 1 aromatic carbocycles. The van der Waals surface area contributed by atoms with Gasteiger partial charge in [0.25, 0.3) is 0 Å². The average molecular weight is 388 g/mol. The number of nitrogens with one attached hydrogen (secondary N) is 1.